The summed E-state index contributed by atoms with van der Waals surface area (Å²) < 4.78 is 32.1. The van der Waals surface area contributed by atoms with Gasteiger partial charge in [0.15, 0.2) is 0 Å². The van der Waals surface area contributed by atoms with Crippen LogP contribution in [0.3, 0.4) is 0 Å². The summed E-state index contributed by atoms with van der Waals surface area (Å²) in [5.41, 5.74) is 1.77. The molecule has 0 fully saturated rings. The maximum Gasteiger partial charge on any atom is 0.264 e. The summed E-state index contributed by atoms with van der Waals surface area (Å²) in [6.07, 6.45) is 0.708. The zero-order chi connectivity index (χ0) is 22.4. The minimum absolute atomic E-state index is 0.173. The highest BCUT2D eigenvalue weighted by atomic mass is 32.2. The van der Waals surface area contributed by atoms with Gasteiger partial charge in [0.25, 0.3) is 15.9 Å². The lowest BCUT2D eigenvalue weighted by molar-refractivity contribution is 0.0935. The molecule has 1 atom stereocenters. The first kappa shape index (κ1) is 22.4. The highest BCUT2D eigenvalue weighted by Gasteiger charge is 2.22. The van der Waals surface area contributed by atoms with Gasteiger partial charge in [-0.25, -0.2) is 8.42 Å². The zero-order valence-corrected chi connectivity index (χ0v) is 18.6. The molecule has 0 aliphatic carbocycles. The molecule has 0 aliphatic rings. The predicted octanol–water partition coefficient (Wildman–Crippen LogP) is 4.40. The summed E-state index contributed by atoms with van der Waals surface area (Å²) in [5, 5.41) is 3.03. The molecule has 1 N–H and O–H groups in total. The van der Waals surface area contributed by atoms with Crippen LogP contribution in [0.5, 0.6) is 5.75 Å². The summed E-state index contributed by atoms with van der Waals surface area (Å²) in [4.78, 5) is 13.1. The molecule has 0 heterocycles. The Bertz CT molecular complexity index is 1130. The number of hydrogen-bond acceptors (Lipinski definition) is 4. The molecule has 1 unspecified atom stereocenters. The van der Waals surface area contributed by atoms with E-state index in [9.17, 15) is 13.2 Å². The van der Waals surface area contributed by atoms with Crippen molar-refractivity contribution >= 4 is 21.6 Å². The van der Waals surface area contributed by atoms with Gasteiger partial charge in [-0.2, -0.15) is 0 Å². The number of benzene rings is 3. The molecule has 3 aromatic carbocycles. The van der Waals surface area contributed by atoms with E-state index in [0.717, 1.165) is 11.3 Å². The normalized spacial score (nSPS) is 12.1. The maximum atomic E-state index is 12.9. The van der Waals surface area contributed by atoms with Crippen LogP contribution in [-0.4, -0.2) is 28.5 Å². The first-order valence-electron chi connectivity index (χ1n) is 9.95. The smallest absolute Gasteiger partial charge is 0.264 e. The highest BCUT2D eigenvalue weighted by molar-refractivity contribution is 7.92. The summed E-state index contributed by atoms with van der Waals surface area (Å²) in [7, 11) is -0.637. The van der Waals surface area contributed by atoms with Gasteiger partial charge in [-0.05, 0) is 54.4 Å². The Labute approximate surface area is 183 Å². The van der Waals surface area contributed by atoms with Crippen molar-refractivity contribution in [1.82, 2.24) is 5.32 Å². The van der Waals surface area contributed by atoms with Gasteiger partial charge in [0.2, 0.25) is 0 Å². The second-order valence-corrected chi connectivity index (χ2v) is 9.01. The van der Waals surface area contributed by atoms with Crippen LogP contribution >= 0.6 is 0 Å². The molecule has 3 rings (SSSR count). The van der Waals surface area contributed by atoms with Gasteiger partial charge < -0.3 is 10.1 Å². The van der Waals surface area contributed by atoms with Crippen molar-refractivity contribution < 1.29 is 17.9 Å². The van der Waals surface area contributed by atoms with Crippen molar-refractivity contribution in [2.75, 3.05) is 18.5 Å². The van der Waals surface area contributed by atoms with E-state index < -0.39 is 10.0 Å². The Balaban J connectivity index is 1.80. The first-order valence-corrected chi connectivity index (χ1v) is 11.4. The molecule has 0 spiro atoms. The fourth-order valence-corrected chi connectivity index (χ4v) is 4.44. The largest absolute Gasteiger partial charge is 0.497 e. The fourth-order valence-electron chi connectivity index (χ4n) is 3.23. The molecule has 0 saturated carbocycles. The molecule has 3 aromatic rings. The van der Waals surface area contributed by atoms with Gasteiger partial charge in [-0.15, -0.1) is 0 Å². The van der Waals surface area contributed by atoms with Crippen LogP contribution < -0.4 is 14.4 Å². The molecule has 0 radical (unpaired) electrons. The Kier molecular flexibility index (Phi) is 6.97. The molecule has 0 bridgehead atoms. The molecule has 0 aliphatic heterocycles. The molecule has 6 nitrogen and oxygen atoms in total. The number of amides is 1. The number of carbonyl (C=O) groups excluding carboxylic acids is 1. The SMILES string of the molecule is CCC(NC(=O)c1cccc(N(C)S(=O)(=O)c2ccccc2)c1)c1ccc(OC)cc1. The first-order chi connectivity index (χ1) is 14.9. The van der Waals surface area contributed by atoms with Crippen LogP contribution in [0.4, 0.5) is 5.69 Å². The van der Waals surface area contributed by atoms with Crippen molar-refractivity contribution in [3.63, 3.8) is 0 Å². The average Bonchev–Trinajstić information content (AvgIpc) is 2.82. The zero-order valence-electron chi connectivity index (χ0n) is 17.8. The van der Waals surface area contributed by atoms with Gasteiger partial charge in [-0.3, -0.25) is 9.10 Å². The molecular formula is C24H26N2O4S. The molecule has 0 aromatic heterocycles. The summed E-state index contributed by atoms with van der Waals surface area (Å²) >= 11 is 0. The number of carbonyl (C=O) groups is 1. The molecule has 31 heavy (non-hydrogen) atoms. The van der Waals surface area contributed by atoms with Crippen molar-refractivity contribution in [1.29, 1.82) is 0 Å². The fraction of sp³-hybridized carbons (Fsp3) is 0.208. The van der Waals surface area contributed by atoms with E-state index in [-0.39, 0.29) is 16.8 Å². The van der Waals surface area contributed by atoms with Gasteiger partial charge >= 0.3 is 0 Å². The van der Waals surface area contributed by atoms with E-state index in [0.29, 0.717) is 17.7 Å². The number of nitrogens with zero attached hydrogens (tertiary/aromatic N) is 1. The minimum Gasteiger partial charge on any atom is -0.497 e. The van der Waals surface area contributed by atoms with E-state index in [4.69, 9.17) is 4.74 Å². The summed E-state index contributed by atoms with van der Waals surface area (Å²) in [5.74, 6) is 0.482. The van der Waals surface area contributed by atoms with Crippen molar-refractivity contribution in [3.8, 4) is 5.75 Å². The lowest BCUT2D eigenvalue weighted by Gasteiger charge is -2.21. The van der Waals surface area contributed by atoms with Crippen molar-refractivity contribution in [2.24, 2.45) is 0 Å². The molecular weight excluding hydrogens is 412 g/mol. The molecule has 162 valence electrons. The molecule has 1 amide bonds. The third kappa shape index (κ3) is 5.06. The van der Waals surface area contributed by atoms with Crippen LogP contribution in [0, 0.1) is 0 Å². The Morgan fingerprint density at radius 1 is 1.00 bits per heavy atom. The van der Waals surface area contributed by atoms with Crippen LogP contribution in [0.2, 0.25) is 0 Å². The van der Waals surface area contributed by atoms with Crippen LogP contribution in [0.15, 0.2) is 83.8 Å². The van der Waals surface area contributed by atoms with Crippen molar-refractivity contribution in [2.45, 2.75) is 24.3 Å². The van der Waals surface area contributed by atoms with E-state index in [1.165, 1.54) is 11.4 Å². The predicted molar refractivity (Wildman–Crippen MR) is 122 cm³/mol. The highest BCUT2D eigenvalue weighted by Crippen LogP contribution is 2.24. The number of nitrogens with one attached hydrogen (secondary N) is 1. The van der Waals surface area contributed by atoms with E-state index in [1.54, 1.807) is 61.7 Å². The Morgan fingerprint density at radius 2 is 1.68 bits per heavy atom. The Hall–Kier alpha value is -3.32. The van der Waals surface area contributed by atoms with E-state index in [1.807, 2.05) is 31.2 Å². The average molecular weight is 439 g/mol. The number of rotatable bonds is 8. The van der Waals surface area contributed by atoms with Crippen LogP contribution in [0.1, 0.15) is 35.3 Å². The number of anilines is 1. The number of hydrogen-bond donors (Lipinski definition) is 1. The lowest BCUT2D eigenvalue weighted by Crippen LogP contribution is -2.29. The molecule has 7 heteroatoms. The topological polar surface area (TPSA) is 75.7 Å². The van der Waals surface area contributed by atoms with Crippen LogP contribution in [0.25, 0.3) is 0 Å². The summed E-state index contributed by atoms with van der Waals surface area (Å²) in [6.45, 7) is 1.99. The van der Waals surface area contributed by atoms with Crippen LogP contribution in [-0.2, 0) is 10.0 Å². The number of methoxy groups -OCH3 is 1. The van der Waals surface area contributed by atoms with Gasteiger partial charge in [-0.1, -0.05) is 43.3 Å². The second kappa shape index (κ2) is 9.66. The van der Waals surface area contributed by atoms with E-state index in [2.05, 4.69) is 5.32 Å². The molecule has 0 saturated heterocycles. The third-order valence-corrected chi connectivity index (χ3v) is 6.91. The Morgan fingerprint density at radius 3 is 2.29 bits per heavy atom. The van der Waals surface area contributed by atoms with Gasteiger partial charge in [0.1, 0.15) is 5.75 Å². The standard InChI is InChI=1S/C24H26N2O4S/c1-4-23(18-13-15-21(30-3)16-14-18)25-24(27)19-9-8-10-20(17-19)26(2)31(28,29)22-11-6-5-7-12-22/h5-17,23H,4H2,1-3H3,(H,25,27). The minimum atomic E-state index is -3.72. The second-order valence-electron chi connectivity index (χ2n) is 7.04. The van der Waals surface area contributed by atoms with E-state index >= 15 is 0 Å². The quantitative estimate of drug-likeness (QED) is 0.566. The number of ether oxygens (including phenoxy) is 1. The van der Waals surface area contributed by atoms with Gasteiger partial charge in [0.05, 0.1) is 23.7 Å². The third-order valence-electron chi connectivity index (χ3n) is 5.11. The monoisotopic (exact) mass is 438 g/mol. The van der Waals surface area contributed by atoms with Gasteiger partial charge in [0, 0.05) is 12.6 Å². The summed E-state index contributed by atoms with van der Waals surface area (Å²) in [6, 6.07) is 22.2. The number of sulfonamides is 1. The lowest BCUT2D eigenvalue weighted by atomic mass is 10.0. The van der Waals surface area contributed by atoms with Crippen molar-refractivity contribution in [3.05, 3.63) is 90.0 Å². The maximum absolute atomic E-state index is 12.9.